The number of hydrogen-bond acceptors (Lipinski definition) is 3. The number of rotatable bonds is 3. The van der Waals surface area contributed by atoms with Gasteiger partial charge in [-0.25, -0.2) is 4.39 Å². The second-order valence-electron chi connectivity index (χ2n) is 6.23. The van der Waals surface area contributed by atoms with E-state index in [0.29, 0.717) is 18.3 Å². The molecule has 1 aromatic rings. The molecule has 1 aromatic carbocycles. The van der Waals surface area contributed by atoms with Crippen LogP contribution in [0.2, 0.25) is 0 Å². The largest absolute Gasteiger partial charge is 0.365 e. The molecule has 0 radical (unpaired) electrons. The van der Waals surface area contributed by atoms with Gasteiger partial charge in [0.1, 0.15) is 5.82 Å². The Morgan fingerprint density at radius 2 is 2.20 bits per heavy atom. The van der Waals surface area contributed by atoms with Crippen molar-refractivity contribution >= 4 is 5.69 Å². The molecule has 110 valence electrons. The fourth-order valence-corrected chi connectivity index (χ4v) is 3.92. The van der Waals surface area contributed by atoms with Crippen LogP contribution in [0.3, 0.4) is 0 Å². The summed E-state index contributed by atoms with van der Waals surface area (Å²) in [4.78, 5) is 4.67. The molecular formula is C16H24FN3. The molecule has 3 rings (SSSR count). The summed E-state index contributed by atoms with van der Waals surface area (Å²) in [5, 5.41) is 0. The molecule has 2 fully saturated rings. The van der Waals surface area contributed by atoms with Crippen molar-refractivity contribution in [3.8, 4) is 0 Å². The van der Waals surface area contributed by atoms with Crippen molar-refractivity contribution in [2.75, 3.05) is 31.6 Å². The third kappa shape index (κ3) is 2.21. The van der Waals surface area contributed by atoms with Gasteiger partial charge in [0.25, 0.3) is 0 Å². The maximum atomic E-state index is 14.1. The number of halogens is 1. The van der Waals surface area contributed by atoms with Crippen LogP contribution in [0.1, 0.15) is 25.7 Å². The minimum absolute atomic E-state index is 0.103. The molecule has 0 aromatic heterocycles. The highest BCUT2D eigenvalue weighted by molar-refractivity contribution is 5.50. The van der Waals surface area contributed by atoms with Gasteiger partial charge in [-0.15, -0.1) is 0 Å². The lowest BCUT2D eigenvalue weighted by Crippen LogP contribution is -2.60. The zero-order valence-corrected chi connectivity index (χ0v) is 12.2. The molecule has 2 aliphatic rings. The first-order valence-corrected chi connectivity index (χ1v) is 7.59. The predicted octanol–water partition coefficient (Wildman–Crippen LogP) is 2.22. The Hall–Kier alpha value is -1.13. The molecule has 0 saturated carbocycles. The highest BCUT2D eigenvalue weighted by Crippen LogP contribution is 2.38. The predicted molar refractivity (Wildman–Crippen MR) is 80.4 cm³/mol. The van der Waals surface area contributed by atoms with Crippen molar-refractivity contribution in [2.24, 2.45) is 5.73 Å². The number of nitrogens with two attached hydrogens (primary N) is 1. The van der Waals surface area contributed by atoms with E-state index in [1.54, 1.807) is 6.07 Å². The minimum Gasteiger partial charge on any atom is -0.365 e. The molecule has 20 heavy (non-hydrogen) atoms. The Balaban J connectivity index is 1.87. The summed E-state index contributed by atoms with van der Waals surface area (Å²) in [6, 6.07) is 7.64. The molecule has 0 aliphatic carbocycles. The lowest BCUT2D eigenvalue weighted by molar-refractivity contribution is 0.131. The van der Waals surface area contributed by atoms with Crippen LogP contribution < -0.4 is 10.6 Å². The molecule has 2 atom stereocenters. The number of hydrogen-bond donors (Lipinski definition) is 1. The summed E-state index contributed by atoms with van der Waals surface area (Å²) < 4.78 is 14.1. The molecule has 2 aliphatic heterocycles. The lowest BCUT2D eigenvalue weighted by atomic mass is 9.81. The van der Waals surface area contributed by atoms with Gasteiger partial charge < -0.3 is 15.5 Å². The standard InChI is InChI=1S/C16H24FN3/c1-19(15-7-3-2-6-14(15)17)16(12-18)8-10-20-9-4-5-13(20)11-16/h2-3,6-7,13H,4-5,8-12,18H2,1H3. The van der Waals surface area contributed by atoms with Gasteiger partial charge >= 0.3 is 0 Å². The second-order valence-corrected chi connectivity index (χ2v) is 6.23. The van der Waals surface area contributed by atoms with Crippen molar-refractivity contribution in [2.45, 2.75) is 37.3 Å². The Kier molecular flexibility index (Phi) is 3.69. The van der Waals surface area contributed by atoms with Crippen LogP contribution in [0.5, 0.6) is 0 Å². The zero-order valence-electron chi connectivity index (χ0n) is 12.2. The summed E-state index contributed by atoms with van der Waals surface area (Å²) in [5.74, 6) is -0.156. The van der Waals surface area contributed by atoms with Gasteiger partial charge in [0.05, 0.1) is 11.2 Å². The monoisotopic (exact) mass is 277 g/mol. The minimum atomic E-state index is -0.156. The van der Waals surface area contributed by atoms with Crippen LogP contribution >= 0.6 is 0 Å². The highest BCUT2D eigenvalue weighted by Gasteiger charge is 2.43. The van der Waals surface area contributed by atoms with Gasteiger partial charge in [0.15, 0.2) is 0 Å². The van der Waals surface area contributed by atoms with Crippen LogP contribution in [0.4, 0.5) is 10.1 Å². The molecule has 0 bridgehead atoms. The third-order valence-corrected chi connectivity index (χ3v) is 5.28. The molecule has 4 heteroatoms. The van der Waals surface area contributed by atoms with Crippen molar-refractivity contribution in [3.63, 3.8) is 0 Å². The van der Waals surface area contributed by atoms with E-state index in [1.807, 2.05) is 19.2 Å². The Labute approximate surface area is 120 Å². The van der Waals surface area contributed by atoms with Gasteiger partial charge in [-0.1, -0.05) is 12.1 Å². The number of para-hydroxylation sites is 1. The molecular weight excluding hydrogens is 253 g/mol. The Morgan fingerprint density at radius 3 is 2.95 bits per heavy atom. The molecule has 0 amide bonds. The van der Waals surface area contributed by atoms with Crippen LogP contribution in [0, 0.1) is 5.82 Å². The van der Waals surface area contributed by atoms with Crippen LogP contribution in [0.25, 0.3) is 0 Å². The Bertz CT molecular complexity index is 479. The fraction of sp³-hybridized carbons (Fsp3) is 0.625. The van der Waals surface area contributed by atoms with Crippen molar-refractivity contribution in [3.05, 3.63) is 30.1 Å². The fourth-order valence-electron chi connectivity index (χ4n) is 3.92. The molecule has 2 saturated heterocycles. The number of likely N-dealkylation sites (N-methyl/N-ethyl adjacent to an activating group) is 1. The van der Waals surface area contributed by atoms with Crippen LogP contribution in [-0.4, -0.2) is 43.2 Å². The number of benzene rings is 1. The van der Waals surface area contributed by atoms with Crippen molar-refractivity contribution in [1.82, 2.24) is 4.90 Å². The normalized spacial score (nSPS) is 30.2. The average Bonchev–Trinajstić information content (AvgIpc) is 2.94. The maximum Gasteiger partial charge on any atom is 0.146 e. The van der Waals surface area contributed by atoms with E-state index < -0.39 is 0 Å². The average molecular weight is 277 g/mol. The Morgan fingerprint density at radius 1 is 1.40 bits per heavy atom. The summed E-state index contributed by atoms with van der Waals surface area (Å²) in [5.41, 5.74) is 6.69. The van der Waals surface area contributed by atoms with Crippen LogP contribution in [0.15, 0.2) is 24.3 Å². The van der Waals surface area contributed by atoms with E-state index in [1.165, 1.54) is 25.5 Å². The molecule has 0 spiro atoms. The van der Waals surface area contributed by atoms with Gasteiger partial charge in [-0.3, -0.25) is 0 Å². The second kappa shape index (κ2) is 5.34. The molecule has 2 N–H and O–H groups in total. The zero-order chi connectivity index (χ0) is 14.2. The highest BCUT2D eigenvalue weighted by atomic mass is 19.1. The van der Waals surface area contributed by atoms with E-state index in [0.717, 1.165) is 19.4 Å². The van der Waals surface area contributed by atoms with Crippen LogP contribution in [-0.2, 0) is 0 Å². The number of anilines is 1. The van der Waals surface area contributed by atoms with E-state index in [-0.39, 0.29) is 11.4 Å². The summed E-state index contributed by atoms with van der Waals surface area (Å²) >= 11 is 0. The SMILES string of the molecule is CN(c1ccccc1F)C1(CN)CCN2CCCC2C1. The van der Waals surface area contributed by atoms with E-state index in [9.17, 15) is 4.39 Å². The van der Waals surface area contributed by atoms with Crippen molar-refractivity contribution < 1.29 is 4.39 Å². The quantitative estimate of drug-likeness (QED) is 0.919. The number of fused-ring (bicyclic) bond motifs is 1. The summed E-state index contributed by atoms with van der Waals surface area (Å²) in [7, 11) is 2.00. The third-order valence-electron chi connectivity index (χ3n) is 5.28. The van der Waals surface area contributed by atoms with E-state index in [2.05, 4.69) is 9.80 Å². The topological polar surface area (TPSA) is 32.5 Å². The number of piperidine rings is 1. The van der Waals surface area contributed by atoms with Gasteiger partial charge in [0.2, 0.25) is 0 Å². The van der Waals surface area contributed by atoms with Gasteiger partial charge in [-0.05, 0) is 44.4 Å². The molecule has 3 nitrogen and oxygen atoms in total. The van der Waals surface area contributed by atoms with Crippen molar-refractivity contribution in [1.29, 1.82) is 0 Å². The maximum absolute atomic E-state index is 14.1. The van der Waals surface area contributed by atoms with Gasteiger partial charge in [-0.2, -0.15) is 0 Å². The first kappa shape index (κ1) is 13.8. The molecule has 2 heterocycles. The lowest BCUT2D eigenvalue weighted by Gasteiger charge is -2.49. The smallest absolute Gasteiger partial charge is 0.146 e. The van der Waals surface area contributed by atoms with E-state index in [4.69, 9.17) is 5.73 Å². The first-order chi connectivity index (χ1) is 9.66. The number of nitrogens with zero attached hydrogens (tertiary/aromatic N) is 2. The molecule has 2 unspecified atom stereocenters. The van der Waals surface area contributed by atoms with Gasteiger partial charge in [0, 0.05) is 26.2 Å². The van der Waals surface area contributed by atoms with E-state index >= 15 is 0 Å². The summed E-state index contributed by atoms with van der Waals surface area (Å²) in [6.45, 7) is 2.89. The first-order valence-electron chi connectivity index (χ1n) is 7.59. The summed E-state index contributed by atoms with van der Waals surface area (Å²) in [6.07, 6.45) is 4.61.